The average Bonchev–Trinajstić information content (AvgIpc) is 3.00. The van der Waals surface area contributed by atoms with E-state index in [1.165, 1.54) is 18.9 Å². The van der Waals surface area contributed by atoms with Gasteiger partial charge in [0.05, 0.1) is 0 Å². The first-order valence-electron chi connectivity index (χ1n) is 5.44. The Morgan fingerprint density at radius 2 is 2.38 bits per heavy atom. The molecule has 16 heavy (non-hydrogen) atoms. The number of nitrogens with zero attached hydrogens (tertiary/aromatic N) is 1. The van der Waals surface area contributed by atoms with Crippen molar-refractivity contribution in [3.05, 3.63) is 27.4 Å². The van der Waals surface area contributed by atoms with E-state index in [1.807, 2.05) is 4.57 Å². The zero-order chi connectivity index (χ0) is 11.6. The number of hydrogen-bond acceptors (Lipinski definition) is 3. The van der Waals surface area contributed by atoms with E-state index >= 15 is 0 Å². The summed E-state index contributed by atoms with van der Waals surface area (Å²) in [6, 6.07) is 1.52. The van der Waals surface area contributed by atoms with E-state index < -0.39 is 0 Å². The SMILES string of the molecule is COCCC1(Cn2ccc(=O)[nH]c2=S)CC1. The average molecular weight is 240 g/mol. The van der Waals surface area contributed by atoms with Gasteiger partial charge in [-0.05, 0) is 36.9 Å². The van der Waals surface area contributed by atoms with Gasteiger partial charge in [-0.3, -0.25) is 9.78 Å². The van der Waals surface area contributed by atoms with Crippen LogP contribution < -0.4 is 5.56 Å². The number of ether oxygens (including phenoxy) is 1. The van der Waals surface area contributed by atoms with Crippen LogP contribution in [0.15, 0.2) is 17.1 Å². The van der Waals surface area contributed by atoms with Gasteiger partial charge in [0.2, 0.25) is 0 Å². The maximum Gasteiger partial charge on any atom is 0.251 e. The maximum absolute atomic E-state index is 11.0. The van der Waals surface area contributed by atoms with E-state index in [2.05, 4.69) is 4.98 Å². The third-order valence-electron chi connectivity index (χ3n) is 3.20. The topological polar surface area (TPSA) is 47.0 Å². The number of methoxy groups -OCH3 is 1. The normalized spacial score (nSPS) is 17.3. The van der Waals surface area contributed by atoms with Crippen molar-refractivity contribution >= 4 is 12.2 Å². The van der Waals surface area contributed by atoms with E-state index in [-0.39, 0.29) is 5.56 Å². The smallest absolute Gasteiger partial charge is 0.251 e. The summed E-state index contributed by atoms with van der Waals surface area (Å²) in [4.78, 5) is 13.7. The molecule has 2 rings (SSSR count). The second-order valence-corrected chi connectivity index (χ2v) is 4.87. The molecule has 0 radical (unpaired) electrons. The Morgan fingerprint density at radius 1 is 1.62 bits per heavy atom. The molecule has 0 atom stereocenters. The molecular formula is C11H16N2O2S. The third-order valence-corrected chi connectivity index (χ3v) is 3.53. The van der Waals surface area contributed by atoms with Gasteiger partial charge in [-0.25, -0.2) is 0 Å². The lowest BCUT2D eigenvalue weighted by Gasteiger charge is -2.16. The Labute approximate surface area is 99.3 Å². The molecule has 1 aromatic rings. The van der Waals surface area contributed by atoms with Crippen molar-refractivity contribution in [2.75, 3.05) is 13.7 Å². The van der Waals surface area contributed by atoms with Crippen molar-refractivity contribution in [1.29, 1.82) is 0 Å². The maximum atomic E-state index is 11.0. The molecule has 0 spiro atoms. The van der Waals surface area contributed by atoms with Gasteiger partial charge in [0.25, 0.3) is 5.56 Å². The van der Waals surface area contributed by atoms with Crippen LogP contribution in [0.2, 0.25) is 0 Å². The fourth-order valence-electron chi connectivity index (χ4n) is 1.91. The lowest BCUT2D eigenvalue weighted by atomic mass is 10.0. The minimum atomic E-state index is -0.136. The van der Waals surface area contributed by atoms with Crippen LogP contribution in [0.5, 0.6) is 0 Å². The highest BCUT2D eigenvalue weighted by Gasteiger charge is 2.42. The summed E-state index contributed by atoms with van der Waals surface area (Å²) in [5, 5.41) is 0. The Morgan fingerprint density at radius 3 is 2.94 bits per heavy atom. The van der Waals surface area contributed by atoms with Gasteiger partial charge in [0.1, 0.15) is 0 Å². The minimum Gasteiger partial charge on any atom is -0.385 e. The Balaban J connectivity index is 2.09. The Bertz CT molecular complexity index is 473. The number of rotatable bonds is 5. The number of nitrogens with one attached hydrogen (secondary N) is 1. The van der Waals surface area contributed by atoms with Gasteiger partial charge < -0.3 is 9.30 Å². The van der Waals surface area contributed by atoms with Crippen molar-refractivity contribution in [3.8, 4) is 0 Å². The van der Waals surface area contributed by atoms with Gasteiger partial charge in [0.15, 0.2) is 4.77 Å². The molecule has 1 aliphatic carbocycles. The highest BCUT2D eigenvalue weighted by atomic mass is 32.1. The highest BCUT2D eigenvalue weighted by molar-refractivity contribution is 7.71. The molecule has 1 fully saturated rings. The molecule has 5 heteroatoms. The van der Waals surface area contributed by atoms with Gasteiger partial charge in [-0.15, -0.1) is 0 Å². The summed E-state index contributed by atoms with van der Waals surface area (Å²) in [7, 11) is 1.72. The number of aromatic nitrogens is 2. The predicted molar refractivity (Wildman–Crippen MR) is 64.0 cm³/mol. The van der Waals surface area contributed by atoms with E-state index in [4.69, 9.17) is 17.0 Å². The molecular weight excluding hydrogens is 224 g/mol. The molecule has 0 aliphatic heterocycles. The van der Waals surface area contributed by atoms with Crippen molar-refractivity contribution in [1.82, 2.24) is 9.55 Å². The molecule has 4 nitrogen and oxygen atoms in total. The van der Waals surface area contributed by atoms with E-state index in [0.717, 1.165) is 19.6 Å². The van der Waals surface area contributed by atoms with Crippen LogP contribution in [0.1, 0.15) is 19.3 Å². The summed E-state index contributed by atoms with van der Waals surface area (Å²) in [5.74, 6) is 0. The van der Waals surface area contributed by atoms with Crippen LogP contribution in [-0.2, 0) is 11.3 Å². The summed E-state index contributed by atoms with van der Waals surface area (Å²) in [6.45, 7) is 1.67. The molecule has 1 aromatic heterocycles. The number of hydrogen-bond donors (Lipinski definition) is 1. The quantitative estimate of drug-likeness (QED) is 0.797. The second-order valence-electron chi connectivity index (χ2n) is 4.48. The van der Waals surface area contributed by atoms with E-state index in [1.54, 1.807) is 13.3 Å². The van der Waals surface area contributed by atoms with Crippen LogP contribution in [0.4, 0.5) is 0 Å². The van der Waals surface area contributed by atoms with Crippen LogP contribution in [0.25, 0.3) is 0 Å². The van der Waals surface area contributed by atoms with Gasteiger partial charge in [-0.1, -0.05) is 0 Å². The van der Waals surface area contributed by atoms with Crippen molar-refractivity contribution in [2.24, 2.45) is 5.41 Å². The largest absolute Gasteiger partial charge is 0.385 e. The van der Waals surface area contributed by atoms with E-state index in [0.29, 0.717) is 10.2 Å². The molecule has 1 aliphatic rings. The number of H-pyrrole nitrogens is 1. The molecule has 0 bridgehead atoms. The van der Waals surface area contributed by atoms with Crippen molar-refractivity contribution < 1.29 is 4.74 Å². The van der Waals surface area contributed by atoms with Gasteiger partial charge >= 0.3 is 0 Å². The first kappa shape index (κ1) is 11.5. The number of aromatic amines is 1. The van der Waals surface area contributed by atoms with Gasteiger partial charge in [-0.2, -0.15) is 0 Å². The minimum absolute atomic E-state index is 0.136. The lowest BCUT2D eigenvalue weighted by Crippen LogP contribution is -2.18. The molecule has 1 N–H and O–H groups in total. The van der Waals surface area contributed by atoms with Gasteiger partial charge in [0, 0.05) is 32.5 Å². The monoisotopic (exact) mass is 240 g/mol. The fraction of sp³-hybridized carbons (Fsp3) is 0.636. The lowest BCUT2D eigenvalue weighted by molar-refractivity contribution is 0.166. The predicted octanol–water partition coefficient (Wildman–Crippen LogP) is 1.72. The molecule has 0 unspecified atom stereocenters. The summed E-state index contributed by atoms with van der Waals surface area (Å²) < 4.78 is 7.57. The first-order chi connectivity index (χ1) is 7.65. The molecule has 0 amide bonds. The molecule has 0 saturated heterocycles. The summed E-state index contributed by atoms with van der Waals surface area (Å²) >= 11 is 5.12. The first-order valence-corrected chi connectivity index (χ1v) is 5.85. The Hall–Kier alpha value is -0.940. The molecule has 1 saturated carbocycles. The van der Waals surface area contributed by atoms with Crippen LogP contribution in [0, 0.1) is 10.2 Å². The van der Waals surface area contributed by atoms with Crippen LogP contribution >= 0.6 is 12.2 Å². The summed E-state index contributed by atoms with van der Waals surface area (Å²) in [5.41, 5.74) is 0.204. The summed E-state index contributed by atoms with van der Waals surface area (Å²) in [6.07, 6.45) is 5.27. The standard InChI is InChI=1S/C11H16N2O2S/c1-15-7-5-11(3-4-11)8-13-6-2-9(14)12-10(13)16/h2,6H,3-5,7-8H2,1H3,(H,12,14,16). The van der Waals surface area contributed by atoms with E-state index in [9.17, 15) is 4.79 Å². The molecule has 0 aromatic carbocycles. The molecule has 88 valence electrons. The van der Waals surface area contributed by atoms with Crippen molar-refractivity contribution in [3.63, 3.8) is 0 Å². The van der Waals surface area contributed by atoms with Crippen LogP contribution in [-0.4, -0.2) is 23.3 Å². The van der Waals surface area contributed by atoms with Crippen LogP contribution in [0.3, 0.4) is 0 Å². The highest BCUT2D eigenvalue weighted by Crippen LogP contribution is 2.50. The Kier molecular flexibility index (Phi) is 3.25. The zero-order valence-corrected chi connectivity index (χ0v) is 10.2. The zero-order valence-electron chi connectivity index (χ0n) is 9.36. The third kappa shape index (κ3) is 2.59. The second kappa shape index (κ2) is 4.51. The molecule has 1 heterocycles. The fourth-order valence-corrected chi connectivity index (χ4v) is 2.14. The van der Waals surface area contributed by atoms with Crippen molar-refractivity contribution in [2.45, 2.75) is 25.8 Å².